The molecule has 2 heterocycles. The number of imide groups is 1. The van der Waals surface area contributed by atoms with E-state index < -0.39 is 30.0 Å². The van der Waals surface area contributed by atoms with Crippen LogP contribution in [0.1, 0.15) is 13.3 Å². The summed E-state index contributed by atoms with van der Waals surface area (Å²) in [7, 11) is 0. The van der Waals surface area contributed by atoms with Crippen LogP contribution >= 0.6 is 0 Å². The van der Waals surface area contributed by atoms with Crippen LogP contribution in [-0.2, 0) is 19.1 Å². The first-order valence-electron chi connectivity index (χ1n) is 5.07. The molecule has 94 valence electrons. The van der Waals surface area contributed by atoms with Crippen molar-refractivity contribution < 1.29 is 28.2 Å². The van der Waals surface area contributed by atoms with Gasteiger partial charge in [0.25, 0.3) is 12.0 Å². The minimum absolute atomic E-state index is 0.0469. The summed E-state index contributed by atoms with van der Waals surface area (Å²) in [4.78, 5) is 34.4. The van der Waals surface area contributed by atoms with E-state index in [4.69, 9.17) is 4.74 Å². The van der Waals surface area contributed by atoms with E-state index in [1.54, 1.807) is 0 Å². The first kappa shape index (κ1) is 11.8. The van der Waals surface area contributed by atoms with Crippen LogP contribution in [0, 0.1) is 0 Å². The lowest BCUT2D eigenvalue weighted by molar-refractivity contribution is -0.294. The Hall–Kier alpha value is -1.70. The maximum Gasteiger partial charge on any atom is 0.340 e. The highest BCUT2D eigenvalue weighted by Crippen LogP contribution is 2.32. The second kappa shape index (κ2) is 3.95. The number of carbonyl (C=O) groups is 3. The number of carbonyl (C=O) groups excluding carboxylic acids is 3. The van der Waals surface area contributed by atoms with Gasteiger partial charge in [-0.05, 0) is 6.42 Å². The summed E-state index contributed by atoms with van der Waals surface area (Å²) in [6.45, 7) is 1.18. The second-order valence-electron chi connectivity index (χ2n) is 3.75. The molecular weight excluding hydrogens is 235 g/mol. The topological polar surface area (TPSA) is 84.9 Å². The fourth-order valence-electron chi connectivity index (χ4n) is 1.82. The second-order valence-corrected chi connectivity index (χ2v) is 3.75. The van der Waals surface area contributed by atoms with E-state index in [1.165, 1.54) is 0 Å². The largest absolute Gasteiger partial charge is 0.444 e. The van der Waals surface area contributed by atoms with Gasteiger partial charge in [-0.3, -0.25) is 19.8 Å². The van der Waals surface area contributed by atoms with Crippen molar-refractivity contribution in [2.45, 2.75) is 25.4 Å². The molecule has 0 radical (unpaired) electrons. The van der Waals surface area contributed by atoms with E-state index in [1.807, 2.05) is 5.32 Å². The van der Waals surface area contributed by atoms with Crippen molar-refractivity contribution in [3.8, 4) is 0 Å². The van der Waals surface area contributed by atoms with Gasteiger partial charge < -0.3 is 9.47 Å². The highest BCUT2D eigenvalue weighted by molar-refractivity contribution is 6.00. The number of fused-ring (bicyclic) bond motifs is 1. The molecule has 0 saturated carbocycles. The third-order valence-electron chi connectivity index (χ3n) is 2.52. The number of amides is 3. The monoisotopic (exact) mass is 246 g/mol. The zero-order valence-electron chi connectivity index (χ0n) is 9.07. The fraction of sp³-hybridized carbons (Fsp3) is 0.667. The molecule has 0 aromatic heterocycles. The Morgan fingerprint density at radius 1 is 1.65 bits per heavy atom. The number of rotatable bonds is 1. The number of nitrogens with zero attached hydrogens (tertiary/aromatic N) is 1. The molecule has 1 N–H and O–H groups in total. The third kappa shape index (κ3) is 1.84. The van der Waals surface area contributed by atoms with Crippen LogP contribution in [0.3, 0.4) is 0 Å². The van der Waals surface area contributed by atoms with Crippen molar-refractivity contribution in [2.24, 2.45) is 0 Å². The molecule has 2 saturated heterocycles. The molecule has 0 aromatic rings. The normalized spacial score (nSPS) is 32.8. The van der Waals surface area contributed by atoms with Gasteiger partial charge >= 0.3 is 18.0 Å². The maximum atomic E-state index is 14.5. The van der Waals surface area contributed by atoms with E-state index in [-0.39, 0.29) is 13.2 Å². The van der Waals surface area contributed by atoms with Crippen molar-refractivity contribution in [3.63, 3.8) is 0 Å². The van der Waals surface area contributed by atoms with E-state index in [9.17, 15) is 18.8 Å². The van der Waals surface area contributed by atoms with Crippen LogP contribution < -0.4 is 5.32 Å². The minimum atomic E-state index is -2.71. The van der Waals surface area contributed by atoms with Gasteiger partial charge in [-0.25, -0.2) is 4.79 Å². The Labute approximate surface area is 95.8 Å². The predicted octanol–water partition coefficient (Wildman–Crippen LogP) is -0.486. The van der Waals surface area contributed by atoms with E-state index in [0.29, 0.717) is 11.3 Å². The van der Waals surface area contributed by atoms with Gasteiger partial charge in [0.15, 0.2) is 0 Å². The lowest BCUT2D eigenvalue weighted by Crippen LogP contribution is -2.72. The summed E-state index contributed by atoms with van der Waals surface area (Å²) < 4.78 is 23.9. The summed E-state index contributed by atoms with van der Waals surface area (Å²) in [5.41, 5.74) is 0. The van der Waals surface area contributed by atoms with Gasteiger partial charge in [-0.1, -0.05) is 0 Å². The maximum absolute atomic E-state index is 14.5. The molecule has 2 fully saturated rings. The molecule has 2 rings (SSSR count). The molecule has 2 aliphatic rings. The van der Waals surface area contributed by atoms with Gasteiger partial charge in [-0.2, -0.15) is 4.39 Å². The number of urea groups is 1. The van der Waals surface area contributed by atoms with Crippen LogP contribution in [0.25, 0.3) is 0 Å². The number of alkyl halides is 1. The minimum Gasteiger partial charge on any atom is -0.444 e. The third-order valence-corrected chi connectivity index (χ3v) is 2.52. The van der Waals surface area contributed by atoms with Crippen LogP contribution in [-0.4, -0.2) is 48.0 Å². The Morgan fingerprint density at radius 3 is 3.00 bits per heavy atom. The average molecular weight is 246 g/mol. The predicted molar refractivity (Wildman–Crippen MR) is 50.2 cm³/mol. The van der Waals surface area contributed by atoms with Crippen molar-refractivity contribution in [1.29, 1.82) is 0 Å². The van der Waals surface area contributed by atoms with E-state index in [2.05, 4.69) is 4.74 Å². The molecule has 0 aliphatic carbocycles. The van der Waals surface area contributed by atoms with Gasteiger partial charge in [0, 0.05) is 13.5 Å². The molecule has 0 aromatic carbocycles. The molecule has 3 amide bonds. The highest BCUT2D eigenvalue weighted by atomic mass is 19.2. The zero-order valence-corrected chi connectivity index (χ0v) is 9.07. The number of esters is 1. The lowest BCUT2D eigenvalue weighted by atomic mass is 10.1. The SMILES string of the molecule is CC(=O)O[C@H]1C(=O)NC(=O)N2CCCOC12F. The van der Waals surface area contributed by atoms with E-state index in [0.717, 1.165) is 6.92 Å². The molecule has 2 atom stereocenters. The Morgan fingerprint density at radius 2 is 2.35 bits per heavy atom. The first-order valence-corrected chi connectivity index (χ1v) is 5.07. The molecule has 2 aliphatic heterocycles. The summed E-state index contributed by atoms with van der Waals surface area (Å²) in [6.07, 6.45) is -1.35. The van der Waals surface area contributed by atoms with Gasteiger partial charge in [-0.15, -0.1) is 0 Å². The van der Waals surface area contributed by atoms with Crippen LogP contribution in [0.5, 0.6) is 0 Å². The number of hydrogen-bond acceptors (Lipinski definition) is 5. The van der Waals surface area contributed by atoms with Gasteiger partial charge in [0.1, 0.15) is 0 Å². The van der Waals surface area contributed by atoms with Crippen molar-refractivity contribution in [1.82, 2.24) is 10.2 Å². The van der Waals surface area contributed by atoms with Crippen molar-refractivity contribution in [3.05, 3.63) is 0 Å². The van der Waals surface area contributed by atoms with Crippen molar-refractivity contribution >= 4 is 17.9 Å². The molecule has 17 heavy (non-hydrogen) atoms. The molecule has 0 spiro atoms. The van der Waals surface area contributed by atoms with Crippen LogP contribution in [0.4, 0.5) is 9.18 Å². The smallest absolute Gasteiger partial charge is 0.340 e. The van der Waals surface area contributed by atoms with E-state index >= 15 is 0 Å². The van der Waals surface area contributed by atoms with Gasteiger partial charge in [0.05, 0.1) is 6.61 Å². The molecular formula is C9H11FN2O5. The first-order chi connectivity index (χ1) is 7.95. The molecule has 7 nitrogen and oxygen atoms in total. The summed E-state index contributed by atoms with van der Waals surface area (Å²) >= 11 is 0. The number of hydrogen-bond donors (Lipinski definition) is 1. The lowest BCUT2D eigenvalue weighted by Gasteiger charge is -2.45. The number of nitrogens with one attached hydrogen (secondary N) is 1. The quantitative estimate of drug-likeness (QED) is 0.498. The summed E-state index contributed by atoms with van der Waals surface area (Å²) in [5.74, 6) is -4.56. The fourth-order valence-corrected chi connectivity index (χ4v) is 1.82. The summed E-state index contributed by atoms with van der Waals surface area (Å²) in [5, 5.41) is 1.91. The van der Waals surface area contributed by atoms with Crippen molar-refractivity contribution in [2.75, 3.05) is 13.2 Å². The van der Waals surface area contributed by atoms with Crippen LogP contribution in [0.15, 0.2) is 0 Å². The molecule has 0 bridgehead atoms. The Balaban J connectivity index is 2.32. The zero-order chi connectivity index (χ0) is 12.6. The average Bonchev–Trinajstić information content (AvgIpc) is 2.24. The van der Waals surface area contributed by atoms with Crippen LogP contribution in [0.2, 0.25) is 0 Å². The standard InChI is InChI=1S/C9H11FN2O5/c1-5(13)17-6-7(14)11-8(15)12-3-2-4-16-9(6,12)10/h6H,2-4H2,1H3,(H,11,14,15)/t6-,9?/m0/s1. The summed E-state index contributed by atoms with van der Waals surface area (Å²) in [6, 6.07) is -0.888. The highest BCUT2D eigenvalue weighted by Gasteiger charge is 2.59. The molecule has 1 unspecified atom stereocenters. The molecule has 8 heteroatoms. The van der Waals surface area contributed by atoms with Gasteiger partial charge in [0.2, 0.25) is 0 Å². The Bertz CT molecular complexity index is 388. The number of ether oxygens (including phenoxy) is 2. The Kier molecular flexibility index (Phi) is 2.74. The number of halogens is 1.